The zero-order valence-corrected chi connectivity index (χ0v) is 14.8. The maximum atomic E-state index is 11.6. The summed E-state index contributed by atoms with van der Waals surface area (Å²) in [5.74, 6) is 0. The Morgan fingerprint density at radius 3 is 3.04 bits per heavy atom. The number of ether oxygens (including phenoxy) is 1. The van der Waals surface area contributed by atoms with E-state index in [1.807, 2.05) is 0 Å². The van der Waals surface area contributed by atoms with Crippen LogP contribution in [0.15, 0.2) is 17.4 Å². The number of aromatic amines is 1. The van der Waals surface area contributed by atoms with E-state index in [-0.39, 0.29) is 47.3 Å². The number of phosphoric acid groups is 1. The van der Waals surface area contributed by atoms with Gasteiger partial charge in [0.15, 0.2) is 17.4 Å². The average molecular weight is 352 g/mol. The van der Waals surface area contributed by atoms with Crippen LogP contribution in [0.1, 0.15) is 6.23 Å². The maximum Gasteiger partial charge on any atom is 1.00 e. The molecule has 2 aliphatic rings. The molecule has 2 aliphatic heterocycles. The number of hydrogen-bond acceptors (Lipinski definition) is 9. The fourth-order valence-corrected chi connectivity index (χ4v) is 3.56. The third-order valence-corrected chi connectivity index (χ3v) is 4.56. The van der Waals surface area contributed by atoms with Gasteiger partial charge in [-0.05, 0) is 0 Å². The van der Waals surface area contributed by atoms with Gasteiger partial charge in [0, 0.05) is 0 Å². The van der Waals surface area contributed by atoms with Crippen molar-refractivity contribution in [3.05, 3.63) is 23.0 Å². The van der Waals surface area contributed by atoms with Crippen molar-refractivity contribution in [1.29, 1.82) is 0 Å². The Morgan fingerprint density at radius 1 is 1.48 bits per heavy atom. The van der Waals surface area contributed by atoms with E-state index in [0.29, 0.717) is 0 Å². The van der Waals surface area contributed by atoms with Crippen LogP contribution in [0.5, 0.6) is 0 Å². The van der Waals surface area contributed by atoms with Crippen LogP contribution in [-0.2, 0) is 18.3 Å². The molecular formula is C10H10N4NaO7P. The predicted molar refractivity (Wildman–Crippen MR) is 66.5 cm³/mol. The zero-order chi connectivity index (χ0) is 15.5. The predicted octanol–water partition coefficient (Wildman–Crippen LogP) is -4.73. The van der Waals surface area contributed by atoms with Crippen molar-refractivity contribution in [1.82, 2.24) is 19.5 Å². The summed E-state index contributed by atoms with van der Waals surface area (Å²) in [6, 6.07) is 0. The van der Waals surface area contributed by atoms with Crippen molar-refractivity contribution in [2.75, 3.05) is 6.61 Å². The van der Waals surface area contributed by atoms with Gasteiger partial charge in [0.05, 0.1) is 19.3 Å². The van der Waals surface area contributed by atoms with Gasteiger partial charge < -0.3 is 28.8 Å². The second-order valence-electron chi connectivity index (χ2n) is 4.92. The van der Waals surface area contributed by atoms with Gasteiger partial charge in [-0.2, -0.15) is 0 Å². The number of nitrogens with one attached hydrogen (secondary N) is 1. The van der Waals surface area contributed by atoms with E-state index >= 15 is 0 Å². The summed E-state index contributed by atoms with van der Waals surface area (Å²) in [5.41, 5.74) is -0.144. The molecular weight excluding hydrogens is 342 g/mol. The van der Waals surface area contributed by atoms with Crippen LogP contribution in [0.3, 0.4) is 0 Å². The van der Waals surface area contributed by atoms with E-state index in [4.69, 9.17) is 9.26 Å². The molecule has 2 N–H and O–H groups in total. The molecule has 2 fully saturated rings. The largest absolute Gasteiger partial charge is 1.00 e. The van der Waals surface area contributed by atoms with Gasteiger partial charge >= 0.3 is 29.6 Å². The first-order valence-corrected chi connectivity index (χ1v) is 7.80. The van der Waals surface area contributed by atoms with Crippen molar-refractivity contribution in [2.45, 2.75) is 24.5 Å². The smallest absolute Gasteiger partial charge is 0.756 e. The van der Waals surface area contributed by atoms with Crippen molar-refractivity contribution in [3.63, 3.8) is 0 Å². The van der Waals surface area contributed by atoms with Gasteiger partial charge in [-0.3, -0.25) is 13.9 Å². The zero-order valence-electron chi connectivity index (χ0n) is 11.9. The molecule has 0 aliphatic carbocycles. The van der Waals surface area contributed by atoms with E-state index in [2.05, 4.69) is 19.5 Å². The van der Waals surface area contributed by atoms with Crippen molar-refractivity contribution >= 4 is 19.0 Å². The number of aliphatic hydroxyl groups excluding tert-OH is 1. The van der Waals surface area contributed by atoms with E-state index in [1.54, 1.807) is 0 Å². The quantitative estimate of drug-likeness (QED) is 0.381. The first-order chi connectivity index (χ1) is 10.5. The molecule has 4 heterocycles. The molecule has 0 amide bonds. The van der Waals surface area contributed by atoms with Gasteiger partial charge in [-0.25, -0.2) is 9.97 Å². The maximum absolute atomic E-state index is 11.6. The Hall–Kier alpha value is -0.620. The molecule has 5 unspecified atom stereocenters. The Balaban J connectivity index is 0.00000156. The van der Waals surface area contributed by atoms with E-state index in [1.165, 1.54) is 17.2 Å². The van der Waals surface area contributed by atoms with Crippen molar-refractivity contribution in [3.8, 4) is 0 Å². The Labute approximate surface area is 150 Å². The van der Waals surface area contributed by atoms with Crippen molar-refractivity contribution < 1.29 is 57.9 Å². The number of aromatic nitrogens is 4. The van der Waals surface area contributed by atoms with Crippen LogP contribution in [0, 0.1) is 0 Å². The fraction of sp³-hybridized carbons (Fsp3) is 0.500. The third kappa shape index (κ3) is 2.82. The number of rotatable bonds is 1. The number of aliphatic hydroxyl groups is 1. The summed E-state index contributed by atoms with van der Waals surface area (Å²) in [7, 11) is -4.44. The average Bonchev–Trinajstić information content (AvgIpc) is 3.01. The minimum Gasteiger partial charge on any atom is -0.756 e. The number of hydrogen-bond donors (Lipinski definition) is 2. The summed E-state index contributed by atoms with van der Waals surface area (Å²) in [4.78, 5) is 33.2. The molecule has 23 heavy (non-hydrogen) atoms. The summed E-state index contributed by atoms with van der Waals surface area (Å²) < 4.78 is 27.6. The van der Waals surface area contributed by atoms with Crippen molar-refractivity contribution in [2.24, 2.45) is 0 Å². The SMILES string of the molecule is O=c1[nH]cnc2c1ncn2C1OC2COP(=O)([O-])OC2C1O.[Na+]. The summed E-state index contributed by atoms with van der Waals surface area (Å²) >= 11 is 0. The van der Waals surface area contributed by atoms with Gasteiger partial charge in [-0.1, -0.05) is 0 Å². The Morgan fingerprint density at radius 2 is 2.26 bits per heavy atom. The van der Waals surface area contributed by atoms with Crippen LogP contribution in [0.4, 0.5) is 0 Å². The van der Waals surface area contributed by atoms with E-state index < -0.39 is 37.9 Å². The van der Waals surface area contributed by atoms with Crippen LogP contribution in [-0.4, -0.2) is 49.5 Å². The summed E-state index contributed by atoms with van der Waals surface area (Å²) in [6.07, 6.45) is -1.62. The second-order valence-corrected chi connectivity index (χ2v) is 6.29. The molecule has 0 bridgehead atoms. The number of phosphoric ester groups is 1. The molecule has 0 aromatic carbocycles. The standard InChI is InChI=1S/C10H11N4O7P.Na/c15-6-7-4(1-19-22(17,18)21-7)20-10(6)14-3-13-5-8(14)11-2-12-9(5)16;/h2-4,6-7,10,15H,1H2,(H,17,18)(H,11,12,16);/q;+1/p-1. The first-order valence-electron chi connectivity index (χ1n) is 6.34. The fourth-order valence-electron chi connectivity index (χ4n) is 2.61. The van der Waals surface area contributed by atoms with Crippen LogP contribution < -0.4 is 40.0 Å². The minimum absolute atomic E-state index is 0. The van der Waals surface area contributed by atoms with E-state index in [0.717, 1.165) is 0 Å². The molecule has 2 aromatic rings. The molecule has 118 valence electrons. The first kappa shape index (κ1) is 17.2. The van der Waals surface area contributed by atoms with Crippen LogP contribution in [0.25, 0.3) is 11.2 Å². The van der Waals surface area contributed by atoms with Gasteiger partial charge in [0.2, 0.25) is 0 Å². The normalized spacial score (nSPS) is 36.6. The number of fused-ring (bicyclic) bond motifs is 2. The molecule has 5 atom stereocenters. The number of nitrogens with zero attached hydrogens (tertiary/aromatic N) is 3. The molecule has 11 nitrogen and oxygen atoms in total. The second kappa shape index (κ2) is 6.03. The third-order valence-electron chi connectivity index (χ3n) is 3.60. The summed E-state index contributed by atoms with van der Waals surface area (Å²) in [5, 5.41) is 10.3. The molecule has 4 rings (SSSR count). The Bertz CT molecular complexity index is 840. The van der Waals surface area contributed by atoms with Crippen LogP contribution in [0.2, 0.25) is 0 Å². The number of imidazole rings is 1. The topological polar surface area (TPSA) is 152 Å². The Kier molecular flexibility index (Phi) is 4.51. The molecule has 0 saturated carbocycles. The minimum atomic E-state index is -4.44. The molecule has 0 spiro atoms. The molecule has 0 radical (unpaired) electrons. The monoisotopic (exact) mass is 352 g/mol. The van der Waals surface area contributed by atoms with E-state index in [9.17, 15) is 19.4 Å². The van der Waals surface area contributed by atoms with Gasteiger partial charge in [0.25, 0.3) is 13.4 Å². The van der Waals surface area contributed by atoms with Crippen LogP contribution >= 0.6 is 7.82 Å². The molecule has 2 saturated heterocycles. The molecule has 2 aromatic heterocycles. The number of H-pyrrole nitrogens is 1. The van der Waals surface area contributed by atoms with Gasteiger partial charge in [-0.15, -0.1) is 0 Å². The summed E-state index contributed by atoms with van der Waals surface area (Å²) in [6.45, 7) is -0.250. The van der Waals surface area contributed by atoms with Gasteiger partial charge in [0.1, 0.15) is 18.3 Å². The molecule has 13 heteroatoms.